The maximum absolute atomic E-state index is 15.0. The van der Waals surface area contributed by atoms with Crippen LogP contribution in [-0.4, -0.2) is 186 Å². The van der Waals surface area contributed by atoms with Crippen LogP contribution in [0, 0.1) is 52.8 Å². The average molecular weight is 1670 g/mol. The fourth-order valence-corrected chi connectivity index (χ4v) is 18.9. The summed E-state index contributed by atoms with van der Waals surface area (Å²) in [6, 6.07) is 33.0. The number of hydrogen-bond acceptors (Lipinski definition) is 18. The number of ether oxygens (including phenoxy) is 7. The summed E-state index contributed by atoms with van der Waals surface area (Å²) in [5.74, 6) is 4.18. The first-order valence-corrected chi connectivity index (χ1v) is 43.4. The van der Waals surface area contributed by atoms with E-state index in [1.807, 2.05) is 81.4 Å². The van der Waals surface area contributed by atoms with Crippen molar-refractivity contribution in [1.82, 2.24) is 25.8 Å². The molecule has 4 aliphatic carbocycles. The third kappa shape index (κ3) is 24.0. The highest BCUT2D eigenvalue weighted by molar-refractivity contribution is 6.01. The van der Waals surface area contributed by atoms with Crippen LogP contribution in [0.25, 0.3) is 0 Å². The van der Waals surface area contributed by atoms with Gasteiger partial charge in [0.05, 0.1) is 95.2 Å². The van der Waals surface area contributed by atoms with Gasteiger partial charge >= 0.3 is 18.2 Å². The van der Waals surface area contributed by atoms with E-state index < -0.39 is 52.3 Å². The third-order valence-corrected chi connectivity index (χ3v) is 26.5. The molecule has 2 fully saturated rings. The molecule has 0 saturated heterocycles. The summed E-state index contributed by atoms with van der Waals surface area (Å²) in [6.07, 6.45) is 8.17. The number of imide groups is 1. The van der Waals surface area contributed by atoms with E-state index in [0.29, 0.717) is 95.0 Å². The number of benzene rings is 5. The number of carbonyl (C=O) groups excluding carboxylic acids is 10. The highest BCUT2D eigenvalue weighted by atomic mass is 16.6. The number of aliphatic hydroxyl groups is 1. The van der Waals surface area contributed by atoms with Crippen LogP contribution in [0.4, 0.5) is 20.1 Å². The Bertz CT molecular complexity index is 4520. The summed E-state index contributed by atoms with van der Waals surface area (Å²) in [4.78, 5) is 141. The number of anilines is 1. The first-order valence-electron chi connectivity index (χ1n) is 43.4. The molecule has 5 aliphatic rings. The molecule has 5 aromatic rings. The number of nitrogens with two attached hydrogens (primary N) is 1. The van der Waals surface area contributed by atoms with Crippen LogP contribution >= 0.6 is 0 Å². The maximum atomic E-state index is 15.0. The molecule has 25 heteroatoms. The number of nitrogens with one attached hydrogen (secondary N) is 3. The van der Waals surface area contributed by atoms with Crippen LogP contribution in [0.15, 0.2) is 109 Å². The molecule has 0 spiro atoms. The van der Waals surface area contributed by atoms with E-state index in [9.17, 15) is 43.5 Å². The molecule has 2 saturated carbocycles. The second kappa shape index (κ2) is 43.9. The Labute approximate surface area is 713 Å². The van der Waals surface area contributed by atoms with Crippen molar-refractivity contribution in [3.8, 4) is 17.6 Å². The highest BCUT2D eigenvalue weighted by Crippen LogP contribution is 2.66. The monoisotopic (exact) mass is 1670 g/mol. The molecule has 8 atom stereocenters. The Morgan fingerprint density at radius 1 is 0.620 bits per heavy atom. The number of rotatable bonds is 44. The molecule has 8 amide bonds. The predicted octanol–water partition coefficient (Wildman–Crippen LogP) is 12.6. The molecule has 6 N–H and O–H groups in total. The number of urea groups is 1. The highest BCUT2D eigenvalue weighted by Gasteiger charge is 2.64. The summed E-state index contributed by atoms with van der Waals surface area (Å²) in [5, 5.41) is 18.0. The molecule has 0 radical (unpaired) electrons. The van der Waals surface area contributed by atoms with Gasteiger partial charge in [-0.15, -0.1) is 0 Å². The summed E-state index contributed by atoms with van der Waals surface area (Å²) >= 11 is 0. The van der Waals surface area contributed by atoms with E-state index in [1.54, 1.807) is 42.3 Å². The summed E-state index contributed by atoms with van der Waals surface area (Å²) in [7, 11) is 1.55. The predicted molar refractivity (Wildman–Crippen MR) is 459 cm³/mol. The number of fused-ring (bicyclic) bond motifs is 8. The van der Waals surface area contributed by atoms with Crippen LogP contribution in [0.5, 0.6) is 5.75 Å². The van der Waals surface area contributed by atoms with Crippen molar-refractivity contribution in [1.29, 1.82) is 0 Å². The van der Waals surface area contributed by atoms with Crippen molar-refractivity contribution in [2.45, 2.75) is 207 Å². The van der Waals surface area contributed by atoms with Gasteiger partial charge in [0.25, 0.3) is 0 Å². The topological polar surface area (TPSA) is 327 Å². The molecule has 0 aromatic heterocycles. The van der Waals surface area contributed by atoms with E-state index in [0.717, 1.165) is 78.5 Å². The molecule has 5 aromatic carbocycles. The lowest BCUT2D eigenvalue weighted by molar-refractivity contribution is -0.157. The number of nitrogens with zero attached hydrogens (tertiary/aromatic N) is 3. The zero-order valence-electron chi connectivity index (χ0n) is 72.5. The van der Waals surface area contributed by atoms with Crippen LogP contribution in [0.2, 0.25) is 0 Å². The van der Waals surface area contributed by atoms with E-state index in [1.165, 1.54) is 26.5 Å². The number of hydrogen-bond donors (Lipinski definition) is 5. The van der Waals surface area contributed by atoms with Crippen molar-refractivity contribution in [2.24, 2.45) is 39.7 Å². The van der Waals surface area contributed by atoms with Gasteiger partial charge in [0, 0.05) is 95.4 Å². The number of likely N-dealkylation sites (N-methyl/N-ethyl adjacent to an activating group) is 1. The van der Waals surface area contributed by atoms with E-state index in [4.69, 9.17) is 38.9 Å². The largest absolute Gasteiger partial charge is 0.445 e. The Morgan fingerprint density at radius 2 is 1.28 bits per heavy atom. The molecule has 10 rings (SSSR count). The number of amides is 8. The van der Waals surface area contributed by atoms with Gasteiger partial charge < -0.3 is 69.3 Å². The zero-order valence-corrected chi connectivity index (χ0v) is 72.5. The molecule has 0 bridgehead atoms. The molecule has 1 heterocycles. The zero-order chi connectivity index (χ0) is 86.9. The second-order valence-corrected chi connectivity index (χ2v) is 34.9. The number of ketones is 3. The number of para-hydroxylation sites is 1. The summed E-state index contributed by atoms with van der Waals surface area (Å²) < 4.78 is 40.0. The molecule has 654 valence electrons. The Hall–Kier alpha value is -9.68. The van der Waals surface area contributed by atoms with Crippen molar-refractivity contribution < 1.29 is 86.2 Å². The average Bonchev–Trinajstić information content (AvgIpc) is 0.695. The van der Waals surface area contributed by atoms with Gasteiger partial charge in [0.2, 0.25) is 23.6 Å². The lowest BCUT2D eigenvalue weighted by atomic mass is 9.41. The SMILES string of the molecule is Cc1ccc2c(c1)[C@@]1(C)CCC[C@](C)(C(=O)NC(=O)[C@@]3(C)CCC[C@]4(C)c5cc(OC(=O)N(CCOCCO)CCN(C)C(=O)OCc6ccc(CC(=O)[C@H](CCCNC(N)=O)NC(=O)[C@@H](CC(=O)CCOCCOCCOCCOCCCC(=O)CCC(=O)N7Cc8ccccc8C#Cc8ccccc87)C(C)C)cc6)ccc5CC[C@@H]34)[C@]1(C)CC2. The van der Waals surface area contributed by atoms with Gasteiger partial charge in [-0.1, -0.05) is 158 Å². The van der Waals surface area contributed by atoms with Gasteiger partial charge in [-0.05, 0) is 175 Å². The fraction of sp³-hybridized carbons (Fsp3) is 0.562. The van der Waals surface area contributed by atoms with E-state index in [2.05, 4.69) is 80.6 Å². The smallest absolute Gasteiger partial charge is 0.415 e. The van der Waals surface area contributed by atoms with Crippen molar-refractivity contribution >= 4 is 64.9 Å². The van der Waals surface area contributed by atoms with Crippen LogP contribution < -0.4 is 31.3 Å². The van der Waals surface area contributed by atoms with Crippen LogP contribution in [0.3, 0.4) is 0 Å². The normalized spacial score (nSPS) is 21.0. The minimum absolute atomic E-state index is 0.00217. The second-order valence-electron chi connectivity index (χ2n) is 34.9. The van der Waals surface area contributed by atoms with Crippen molar-refractivity contribution in [3.05, 3.63) is 165 Å². The Morgan fingerprint density at radius 3 is 2.01 bits per heavy atom. The maximum Gasteiger partial charge on any atom is 0.415 e. The van der Waals surface area contributed by atoms with Crippen molar-refractivity contribution in [3.63, 3.8) is 0 Å². The molecular formula is C96H127N7O18. The number of primary amides is 1. The van der Waals surface area contributed by atoms with Crippen molar-refractivity contribution in [2.75, 3.05) is 111 Å². The minimum Gasteiger partial charge on any atom is -0.445 e. The molecule has 1 aliphatic heterocycles. The standard InChI is InChI=1S/C96H127N7O18/c1-66(2)78(62-76(106)39-51-116-55-57-119-59-58-118-56-54-115-50-15-21-75(105)34-37-85(108)103-64-74-20-11-10-18-70(74)30-31-73-19-12-13-23-82(73)103)86(109)99-81(22-14-45-98-89(97)112)83(107)61-68-25-27-69(28-26-68)65-120-90(113)101(9)46-47-102(48-52-117-53-49-104)91(114)121-77-35-32-71-33-36-84-92(4,79(71)63-77)40-16-41-93(84,5)87(110)100-88(111)95(7)43-17-42-94(6)80-60-67(3)24-29-72(80)38-44-96(94,95)8/h10-13,18-20,23-29,32,35,60,63,66,78,81,84,104H,14-17,21-22,33-34,36-59,61-62,64-65H2,1-9H3,(H,99,109)(H3,97,98,112)(H,100,110,111)/t78-,81-,84+,92+,93-,94+,95+,96+/m0/s1. The number of aliphatic hydroxyl groups excluding tert-OH is 1. The first kappa shape index (κ1) is 93.6. The molecule has 0 unspecified atom stereocenters. The van der Waals surface area contributed by atoms with Crippen LogP contribution in [0.1, 0.15) is 207 Å². The number of Topliss-reactive ketones (excluding diaryl/α,β-unsaturated/α-hetero) is 3. The lowest BCUT2D eigenvalue weighted by Gasteiger charge is -2.62. The number of aryl methyl sites for hydroxylation is 3. The molecule has 25 nitrogen and oxygen atoms in total. The van der Waals surface area contributed by atoms with Gasteiger partial charge in [0.15, 0.2) is 5.78 Å². The van der Waals surface area contributed by atoms with Gasteiger partial charge in [-0.2, -0.15) is 0 Å². The Balaban J connectivity index is 0.616. The van der Waals surface area contributed by atoms with Gasteiger partial charge in [-0.25, -0.2) is 14.4 Å². The van der Waals surface area contributed by atoms with Gasteiger partial charge in [0.1, 0.15) is 23.9 Å². The lowest BCUT2D eigenvalue weighted by Crippen LogP contribution is -2.64. The van der Waals surface area contributed by atoms with Gasteiger partial charge in [-0.3, -0.25) is 38.9 Å². The molecule has 121 heavy (non-hydrogen) atoms. The van der Waals surface area contributed by atoms with Crippen LogP contribution in [-0.2, 0) is 105 Å². The minimum atomic E-state index is -0.959. The van der Waals surface area contributed by atoms with E-state index in [-0.39, 0.29) is 169 Å². The van der Waals surface area contributed by atoms with E-state index >= 15 is 9.59 Å². The summed E-state index contributed by atoms with van der Waals surface area (Å²) in [6.45, 7) is 19.6. The fourth-order valence-electron chi connectivity index (χ4n) is 18.9. The first-order chi connectivity index (χ1) is 58.0. The third-order valence-electron chi connectivity index (χ3n) is 26.5. The quantitative estimate of drug-likeness (QED) is 0.0137. The summed E-state index contributed by atoms with van der Waals surface area (Å²) in [5.41, 5.74) is 13.2. The molecular weight excluding hydrogens is 1540 g/mol. The Kier molecular flexibility index (Phi) is 33.9. The number of carbonyl (C=O) groups is 10.